The van der Waals surface area contributed by atoms with Gasteiger partial charge in [-0.1, -0.05) is 0 Å². The predicted octanol–water partition coefficient (Wildman–Crippen LogP) is 1.69. The van der Waals surface area contributed by atoms with Crippen LogP contribution in [0.25, 0.3) is 0 Å². The van der Waals surface area contributed by atoms with Gasteiger partial charge in [0.25, 0.3) is 0 Å². The summed E-state index contributed by atoms with van der Waals surface area (Å²) in [6.07, 6.45) is 8.65. The Kier molecular flexibility index (Phi) is 5.76. The van der Waals surface area contributed by atoms with Crippen molar-refractivity contribution in [1.29, 1.82) is 0 Å². The maximum absolute atomic E-state index is 10.8. The highest BCUT2D eigenvalue weighted by Crippen LogP contribution is 2.43. The Bertz CT molecular complexity index is 591. The lowest BCUT2D eigenvalue weighted by molar-refractivity contribution is -0.148. The first-order valence-corrected chi connectivity index (χ1v) is 9.14. The Hall–Kier alpha value is -1.44. The third-order valence-corrected chi connectivity index (χ3v) is 5.86. The minimum absolute atomic E-state index is 0.0147. The van der Waals surface area contributed by atoms with Crippen molar-refractivity contribution >= 4 is 5.97 Å². The van der Waals surface area contributed by atoms with Crippen molar-refractivity contribution in [1.82, 2.24) is 14.5 Å². The summed E-state index contributed by atoms with van der Waals surface area (Å²) in [5.41, 5.74) is -0.0893. The minimum Gasteiger partial charge on any atom is -0.480 e. The van der Waals surface area contributed by atoms with E-state index in [4.69, 9.17) is 14.6 Å². The molecule has 140 valence electrons. The third kappa shape index (κ3) is 4.04. The lowest BCUT2D eigenvalue weighted by Crippen LogP contribution is -2.52. The Balaban J connectivity index is 1.56. The quantitative estimate of drug-likeness (QED) is 0.768. The van der Waals surface area contributed by atoms with Crippen LogP contribution in [-0.4, -0.2) is 70.1 Å². The standard InChI is InChI=1S/C18H29N3O4/c1-14-19-7-11-20(14)8-3-9-21-10-6-18(24-2)5-4-15(12-16(18)21)25-13-17(22)23/h7,11,15-16H,3-6,8-10,12-13H2,1-2H3,(H,22,23)/t15-,16-,18+/m0/s1. The number of carbonyl (C=O) groups is 1. The van der Waals surface area contributed by atoms with Crippen LogP contribution < -0.4 is 0 Å². The minimum atomic E-state index is -0.900. The fourth-order valence-electron chi connectivity index (χ4n) is 4.45. The first kappa shape index (κ1) is 18.4. The van der Waals surface area contributed by atoms with Crippen LogP contribution in [0.2, 0.25) is 0 Å². The van der Waals surface area contributed by atoms with E-state index in [2.05, 4.69) is 14.5 Å². The predicted molar refractivity (Wildman–Crippen MR) is 92.5 cm³/mol. The van der Waals surface area contributed by atoms with Crippen molar-refractivity contribution in [2.45, 2.75) is 63.3 Å². The summed E-state index contributed by atoms with van der Waals surface area (Å²) in [6, 6.07) is 0.314. The smallest absolute Gasteiger partial charge is 0.329 e. The molecular formula is C18H29N3O4. The molecule has 1 aromatic heterocycles. The van der Waals surface area contributed by atoms with Gasteiger partial charge < -0.3 is 19.1 Å². The van der Waals surface area contributed by atoms with E-state index in [0.29, 0.717) is 6.04 Å². The molecule has 3 atom stereocenters. The topological polar surface area (TPSA) is 76.8 Å². The van der Waals surface area contributed by atoms with E-state index in [9.17, 15) is 4.79 Å². The van der Waals surface area contributed by atoms with Gasteiger partial charge in [-0.25, -0.2) is 9.78 Å². The fraction of sp³-hybridized carbons (Fsp3) is 0.778. The second kappa shape index (κ2) is 7.85. The van der Waals surface area contributed by atoms with Gasteiger partial charge in [0.05, 0.1) is 11.7 Å². The molecule has 3 rings (SSSR count). The molecule has 7 nitrogen and oxygen atoms in total. The largest absolute Gasteiger partial charge is 0.480 e. The summed E-state index contributed by atoms with van der Waals surface area (Å²) in [6.45, 7) is 4.83. The monoisotopic (exact) mass is 351 g/mol. The van der Waals surface area contributed by atoms with E-state index in [0.717, 1.165) is 57.6 Å². The number of aryl methyl sites for hydroxylation is 2. The zero-order chi connectivity index (χ0) is 17.9. The first-order chi connectivity index (χ1) is 12.0. The lowest BCUT2D eigenvalue weighted by Gasteiger charge is -2.43. The average Bonchev–Trinajstić information content (AvgIpc) is 3.17. The molecule has 2 fully saturated rings. The molecule has 1 saturated heterocycles. The molecule has 7 heteroatoms. The zero-order valence-corrected chi connectivity index (χ0v) is 15.2. The number of carboxylic acids is 1. The molecule has 1 saturated carbocycles. The number of likely N-dealkylation sites (tertiary alicyclic amines) is 1. The van der Waals surface area contributed by atoms with E-state index in [1.54, 1.807) is 0 Å². The van der Waals surface area contributed by atoms with Gasteiger partial charge in [-0.15, -0.1) is 0 Å². The van der Waals surface area contributed by atoms with Gasteiger partial charge >= 0.3 is 5.97 Å². The molecule has 2 heterocycles. The summed E-state index contributed by atoms with van der Waals surface area (Å²) in [7, 11) is 1.81. The summed E-state index contributed by atoms with van der Waals surface area (Å²) < 4.78 is 13.7. The third-order valence-electron chi connectivity index (χ3n) is 5.86. The molecule has 2 aliphatic rings. The highest BCUT2D eigenvalue weighted by Gasteiger charge is 2.50. The van der Waals surface area contributed by atoms with Gasteiger partial charge in [0.15, 0.2) is 0 Å². The molecule has 0 unspecified atom stereocenters. The number of ether oxygens (including phenoxy) is 2. The van der Waals surface area contributed by atoms with E-state index in [1.165, 1.54) is 0 Å². The SMILES string of the molecule is CO[C@@]12CC[C@H](OCC(=O)O)C[C@@H]1N(CCCn1ccnc1C)CC2. The summed E-state index contributed by atoms with van der Waals surface area (Å²) in [5.74, 6) is 0.148. The summed E-state index contributed by atoms with van der Waals surface area (Å²) in [4.78, 5) is 17.5. The van der Waals surface area contributed by atoms with Crippen LogP contribution in [0.3, 0.4) is 0 Å². The van der Waals surface area contributed by atoms with Crippen molar-refractivity contribution in [2.24, 2.45) is 0 Å². The van der Waals surface area contributed by atoms with Gasteiger partial charge in [0.2, 0.25) is 0 Å². The molecule has 0 spiro atoms. The number of carboxylic acid groups (broad SMARTS) is 1. The van der Waals surface area contributed by atoms with Crippen LogP contribution in [-0.2, 0) is 20.8 Å². The van der Waals surface area contributed by atoms with E-state index in [-0.39, 0.29) is 18.3 Å². The van der Waals surface area contributed by atoms with Crippen LogP contribution in [0.4, 0.5) is 0 Å². The number of hydrogen-bond acceptors (Lipinski definition) is 5. The van der Waals surface area contributed by atoms with Crippen molar-refractivity contribution < 1.29 is 19.4 Å². The molecule has 25 heavy (non-hydrogen) atoms. The fourth-order valence-corrected chi connectivity index (χ4v) is 4.45. The maximum atomic E-state index is 10.8. The van der Waals surface area contributed by atoms with Gasteiger partial charge in [-0.2, -0.15) is 0 Å². The Morgan fingerprint density at radius 1 is 1.44 bits per heavy atom. The summed E-state index contributed by atoms with van der Waals surface area (Å²) in [5, 5.41) is 8.84. The molecule has 1 aliphatic heterocycles. The zero-order valence-electron chi connectivity index (χ0n) is 15.2. The first-order valence-electron chi connectivity index (χ1n) is 9.14. The van der Waals surface area contributed by atoms with Gasteiger partial charge in [0, 0.05) is 45.2 Å². The number of fused-ring (bicyclic) bond motifs is 1. The van der Waals surface area contributed by atoms with Crippen LogP contribution in [0, 0.1) is 6.92 Å². The lowest BCUT2D eigenvalue weighted by atomic mass is 9.79. The number of aliphatic carboxylic acids is 1. The van der Waals surface area contributed by atoms with E-state index in [1.807, 2.05) is 26.4 Å². The molecule has 0 radical (unpaired) electrons. The molecule has 0 aromatic carbocycles. The normalized spacial score (nSPS) is 29.7. The molecule has 1 aliphatic carbocycles. The van der Waals surface area contributed by atoms with Crippen LogP contribution in [0.5, 0.6) is 0 Å². The number of methoxy groups -OCH3 is 1. The number of aromatic nitrogens is 2. The van der Waals surface area contributed by atoms with Crippen molar-refractivity contribution in [3.63, 3.8) is 0 Å². The van der Waals surface area contributed by atoms with Crippen LogP contribution in [0.1, 0.15) is 37.9 Å². The number of nitrogens with zero attached hydrogens (tertiary/aromatic N) is 3. The molecule has 0 amide bonds. The van der Waals surface area contributed by atoms with Crippen molar-refractivity contribution in [3.05, 3.63) is 18.2 Å². The Morgan fingerprint density at radius 2 is 2.28 bits per heavy atom. The number of rotatable bonds is 8. The van der Waals surface area contributed by atoms with Crippen LogP contribution >= 0.6 is 0 Å². The highest BCUT2D eigenvalue weighted by molar-refractivity contribution is 5.68. The molecule has 1 aromatic rings. The summed E-state index contributed by atoms with van der Waals surface area (Å²) >= 11 is 0. The molecule has 0 bridgehead atoms. The second-order valence-corrected chi connectivity index (χ2v) is 7.19. The van der Waals surface area contributed by atoms with Crippen molar-refractivity contribution in [3.8, 4) is 0 Å². The number of imidazole rings is 1. The maximum Gasteiger partial charge on any atom is 0.329 e. The Morgan fingerprint density at radius 3 is 2.96 bits per heavy atom. The average molecular weight is 351 g/mol. The molecular weight excluding hydrogens is 322 g/mol. The van der Waals surface area contributed by atoms with Gasteiger partial charge in [-0.3, -0.25) is 4.90 Å². The van der Waals surface area contributed by atoms with E-state index >= 15 is 0 Å². The van der Waals surface area contributed by atoms with Crippen molar-refractivity contribution in [2.75, 3.05) is 26.8 Å². The Labute approximate surface area is 148 Å². The van der Waals surface area contributed by atoms with E-state index < -0.39 is 5.97 Å². The van der Waals surface area contributed by atoms with Gasteiger partial charge in [-0.05, 0) is 39.0 Å². The second-order valence-electron chi connectivity index (χ2n) is 7.19. The highest BCUT2D eigenvalue weighted by atomic mass is 16.5. The van der Waals surface area contributed by atoms with Crippen LogP contribution in [0.15, 0.2) is 12.4 Å². The van der Waals surface area contributed by atoms with Gasteiger partial charge in [0.1, 0.15) is 12.4 Å². The molecule has 1 N–H and O–H groups in total. The number of hydrogen-bond donors (Lipinski definition) is 1.